The second-order valence-electron chi connectivity index (χ2n) is 5.61. The molecule has 6 nitrogen and oxygen atoms in total. The molecular formula is C17H16FNO5S. The molecule has 132 valence electrons. The number of aliphatic carboxylic acids is 1. The average Bonchev–Trinajstić information content (AvgIpc) is 2.59. The van der Waals surface area contributed by atoms with Crippen molar-refractivity contribution in [2.45, 2.75) is 17.7 Å². The number of anilines is 1. The third-order valence-electron chi connectivity index (χ3n) is 3.90. The molecule has 8 heteroatoms. The molecule has 25 heavy (non-hydrogen) atoms. The Balaban J connectivity index is 1.90. The van der Waals surface area contributed by atoms with Gasteiger partial charge in [0, 0.05) is 6.54 Å². The molecule has 0 fully saturated rings. The fourth-order valence-electron chi connectivity index (χ4n) is 2.74. The van der Waals surface area contributed by atoms with Crippen LogP contribution in [0, 0.1) is 5.82 Å². The van der Waals surface area contributed by atoms with Crippen LogP contribution in [0.15, 0.2) is 47.4 Å². The Morgan fingerprint density at radius 1 is 1.20 bits per heavy atom. The maximum Gasteiger partial charge on any atom is 0.341 e. The zero-order valence-corrected chi connectivity index (χ0v) is 14.0. The molecule has 0 bridgehead atoms. The fourth-order valence-corrected chi connectivity index (χ4v) is 4.28. The van der Waals surface area contributed by atoms with E-state index < -0.39 is 28.4 Å². The SMILES string of the molecule is O=C(O)COc1ccc(S(=O)(=O)N2CCCc3ccc(F)cc32)cc1. The van der Waals surface area contributed by atoms with Gasteiger partial charge < -0.3 is 9.84 Å². The van der Waals surface area contributed by atoms with Crippen LogP contribution in [0.1, 0.15) is 12.0 Å². The number of nitrogens with zero attached hydrogens (tertiary/aromatic N) is 1. The van der Waals surface area contributed by atoms with Crippen molar-refractivity contribution < 1.29 is 27.4 Å². The molecule has 0 amide bonds. The molecule has 3 rings (SSSR count). The van der Waals surface area contributed by atoms with Gasteiger partial charge in [0.05, 0.1) is 10.6 Å². The van der Waals surface area contributed by atoms with E-state index in [1.165, 1.54) is 40.7 Å². The van der Waals surface area contributed by atoms with Crippen LogP contribution in [-0.4, -0.2) is 32.6 Å². The van der Waals surface area contributed by atoms with E-state index in [0.29, 0.717) is 18.5 Å². The van der Waals surface area contributed by atoms with Gasteiger partial charge >= 0.3 is 5.97 Å². The second-order valence-corrected chi connectivity index (χ2v) is 7.47. The number of carboxylic acids is 1. The van der Waals surface area contributed by atoms with Gasteiger partial charge in [0.1, 0.15) is 11.6 Å². The summed E-state index contributed by atoms with van der Waals surface area (Å²) >= 11 is 0. The summed E-state index contributed by atoms with van der Waals surface area (Å²) < 4.78 is 45.6. The van der Waals surface area contributed by atoms with Crippen LogP contribution in [0.2, 0.25) is 0 Å². The monoisotopic (exact) mass is 365 g/mol. The van der Waals surface area contributed by atoms with Crippen molar-refractivity contribution in [1.82, 2.24) is 0 Å². The standard InChI is InChI=1S/C17H16FNO5S/c18-13-4-3-12-2-1-9-19(16(12)10-13)25(22,23)15-7-5-14(6-8-15)24-11-17(20)21/h3-8,10H,1-2,9,11H2,(H,20,21). The van der Waals surface area contributed by atoms with Gasteiger partial charge in [-0.15, -0.1) is 0 Å². The smallest absolute Gasteiger partial charge is 0.341 e. The lowest BCUT2D eigenvalue weighted by Gasteiger charge is -2.30. The molecule has 2 aromatic rings. The van der Waals surface area contributed by atoms with Crippen LogP contribution in [0.4, 0.5) is 10.1 Å². The number of rotatable bonds is 5. The maximum absolute atomic E-state index is 13.6. The number of hydrogen-bond acceptors (Lipinski definition) is 4. The molecular weight excluding hydrogens is 349 g/mol. The first-order valence-electron chi connectivity index (χ1n) is 7.64. The van der Waals surface area contributed by atoms with Crippen molar-refractivity contribution in [2.24, 2.45) is 0 Å². The number of aryl methyl sites for hydroxylation is 1. The number of ether oxygens (including phenoxy) is 1. The summed E-state index contributed by atoms with van der Waals surface area (Å²) in [7, 11) is -3.85. The van der Waals surface area contributed by atoms with Crippen LogP contribution in [0.5, 0.6) is 5.75 Å². The van der Waals surface area contributed by atoms with E-state index in [1.807, 2.05) is 0 Å². The molecule has 0 atom stereocenters. The lowest BCUT2D eigenvalue weighted by molar-refractivity contribution is -0.139. The maximum atomic E-state index is 13.6. The molecule has 0 spiro atoms. The number of carboxylic acid groups (broad SMARTS) is 1. The molecule has 0 aromatic heterocycles. The first-order valence-corrected chi connectivity index (χ1v) is 9.08. The molecule has 1 heterocycles. The van der Waals surface area contributed by atoms with E-state index in [9.17, 15) is 17.6 Å². The molecule has 1 aliphatic heterocycles. The molecule has 1 aliphatic rings. The lowest BCUT2D eigenvalue weighted by atomic mass is 10.0. The van der Waals surface area contributed by atoms with Crippen molar-refractivity contribution in [3.8, 4) is 5.75 Å². The quantitative estimate of drug-likeness (QED) is 0.880. The predicted octanol–water partition coefficient (Wildman–Crippen LogP) is 2.43. The molecule has 0 aliphatic carbocycles. The van der Waals surface area contributed by atoms with E-state index >= 15 is 0 Å². The highest BCUT2D eigenvalue weighted by Gasteiger charge is 2.29. The topological polar surface area (TPSA) is 83.9 Å². The summed E-state index contributed by atoms with van der Waals surface area (Å²) in [6, 6.07) is 9.65. The van der Waals surface area contributed by atoms with Crippen LogP contribution >= 0.6 is 0 Å². The number of carbonyl (C=O) groups is 1. The number of halogens is 1. The van der Waals surface area contributed by atoms with Crippen LogP contribution in [0.3, 0.4) is 0 Å². The molecule has 1 N–H and O–H groups in total. The largest absolute Gasteiger partial charge is 0.482 e. The summed E-state index contributed by atoms with van der Waals surface area (Å²) in [4.78, 5) is 10.5. The number of fused-ring (bicyclic) bond motifs is 1. The molecule has 2 aromatic carbocycles. The van der Waals surface area contributed by atoms with Crippen LogP contribution < -0.4 is 9.04 Å². The summed E-state index contributed by atoms with van der Waals surface area (Å²) in [5.41, 5.74) is 1.15. The van der Waals surface area contributed by atoms with Gasteiger partial charge in [-0.1, -0.05) is 6.07 Å². The van der Waals surface area contributed by atoms with Gasteiger partial charge in [0.15, 0.2) is 6.61 Å². The zero-order chi connectivity index (χ0) is 18.0. The Labute approximate surface area is 144 Å². The van der Waals surface area contributed by atoms with Crippen molar-refractivity contribution in [3.05, 3.63) is 53.8 Å². The normalized spacial score (nSPS) is 14.0. The lowest BCUT2D eigenvalue weighted by Crippen LogP contribution is -2.35. The summed E-state index contributed by atoms with van der Waals surface area (Å²) in [5, 5.41) is 8.59. The fraction of sp³-hybridized carbons (Fsp3) is 0.235. The highest BCUT2D eigenvalue weighted by Crippen LogP contribution is 2.33. The van der Waals surface area contributed by atoms with Crippen molar-refractivity contribution in [1.29, 1.82) is 0 Å². The minimum Gasteiger partial charge on any atom is -0.482 e. The minimum atomic E-state index is -3.85. The van der Waals surface area contributed by atoms with E-state index in [0.717, 1.165) is 5.56 Å². The van der Waals surface area contributed by atoms with Crippen molar-refractivity contribution in [2.75, 3.05) is 17.5 Å². The van der Waals surface area contributed by atoms with Gasteiger partial charge in [-0.3, -0.25) is 4.31 Å². The predicted molar refractivity (Wildman–Crippen MR) is 88.8 cm³/mol. The Kier molecular flexibility index (Phi) is 4.63. The highest BCUT2D eigenvalue weighted by atomic mass is 32.2. The highest BCUT2D eigenvalue weighted by molar-refractivity contribution is 7.92. The van der Waals surface area contributed by atoms with Crippen molar-refractivity contribution >= 4 is 21.7 Å². The molecule has 0 radical (unpaired) electrons. The third-order valence-corrected chi connectivity index (χ3v) is 5.72. The van der Waals surface area contributed by atoms with E-state index in [2.05, 4.69) is 0 Å². The number of benzene rings is 2. The first kappa shape index (κ1) is 17.2. The van der Waals surface area contributed by atoms with Gasteiger partial charge in [0.25, 0.3) is 10.0 Å². The molecule has 0 unspecified atom stereocenters. The van der Waals surface area contributed by atoms with Crippen LogP contribution in [0.25, 0.3) is 0 Å². The molecule has 0 saturated heterocycles. The second kappa shape index (κ2) is 6.72. The number of sulfonamides is 1. The van der Waals surface area contributed by atoms with Crippen molar-refractivity contribution in [3.63, 3.8) is 0 Å². The molecule has 0 saturated carbocycles. The zero-order valence-electron chi connectivity index (χ0n) is 13.2. The summed E-state index contributed by atoms with van der Waals surface area (Å²) in [5.74, 6) is -1.35. The average molecular weight is 365 g/mol. The van der Waals surface area contributed by atoms with Gasteiger partial charge in [-0.25, -0.2) is 17.6 Å². The van der Waals surface area contributed by atoms with Gasteiger partial charge in [-0.05, 0) is 54.8 Å². The number of hydrogen-bond donors (Lipinski definition) is 1. The Morgan fingerprint density at radius 2 is 1.92 bits per heavy atom. The Bertz CT molecular complexity index is 896. The third kappa shape index (κ3) is 3.58. The van der Waals surface area contributed by atoms with E-state index in [4.69, 9.17) is 9.84 Å². The summed E-state index contributed by atoms with van der Waals surface area (Å²) in [6.07, 6.45) is 1.35. The van der Waals surface area contributed by atoms with Crippen LogP contribution in [-0.2, 0) is 21.2 Å². The van der Waals surface area contributed by atoms with E-state index in [1.54, 1.807) is 6.07 Å². The summed E-state index contributed by atoms with van der Waals surface area (Å²) in [6.45, 7) is -0.235. The minimum absolute atomic E-state index is 0.0345. The Hall–Kier alpha value is -2.61. The van der Waals surface area contributed by atoms with E-state index in [-0.39, 0.29) is 17.2 Å². The van der Waals surface area contributed by atoms with Gasteiger partial charge in [0.2, 0.25) is 0 Å². The first-order chi connectivity index (χ1) is 11.9. The van der Waals surface area contributed by atoms with Gasteiger partial charge in [-0.2, -0.15) is 0 Å². The Morgan fingerprint density at radius 3 is 2.60 bits per heavy atom.